The summed E-state index contributed by atoms with van der Waals surface area (Å²) in [4.78, 5) is 1.69. The minimum atomic E-state index is -4.08. The first-order valence-electron chi connectivity index (χ1n) is 6.47. The highest BCUT2D eigenvalue weighted by molar-refractivity contribution is 5.00. The van der Waals surface area contributed by atoms with Gasteiger partial charge in [0.05, 0.1) is 6.54 Å². The number of halogens is 3. The van der Waals surface area contributed by atoms with Crippen molar-refractivity contribution in [3.05, 3.63) is 0 Å². The first-order valence-corrected chi connectivity index (χ1v) is 6.47. The molecule has 2 rings (SSSR count). The van der Waals surface area contributed by atoms with Gasteiger partial charge in [-0.3, -0.25) is 4.90 Å². The lowest BCUT2D eigenvalue weighted by Gasteiger charge is -2.51. The summed E-state index contributed by atoms with van der Waals surface area (Å²) >= 11 is 0. The van der Waals surface area contributed by atoms with Crippen LogP contribution in [0.3, 0.4) is 0 Å². The monoisotopic (exact) mass is 250 g/mol. The van der Waals surface area contributed by atoms with Gasteiger partial charge in [0, 0.05) is 24.7 Å². The average Bonchev–Trinajstić information content (AvgIpc) is 2.24. The summed E-state index contributed by atoms with van der Waals surface area (Å²) in [7, 11) is 0. The number of piperazine rings is 1. The number of hydrogen-bond donors (Lipinski definition) is 1. The Hall–Kier alpha value is -0.290. The average molecular weight is 250 g/mol. The maximum absolute atomic E-state index is 12.6. The van der Waals surface area contributed by atoms with Crippen LogP contribution in [-0.2, 0) is 0 Å². The van der Waals surface area contributed by atoms with E-state index in [1.54, 1.807) is 4.90 Å². The fraction of sp³-hybridized carbons (Fsp3) is 1.00. The lowest BCUT2D eigenvalue weighted by Crippen LogP contribution is -2.66. The second kappa shape index (κ2) is 4.76. The van der Waals surface area contributed by atoms with E-state index >= 15 is 0 Å². The first-order chi connectivity index (χ1) is 7.91. The molecule has 17 heavy (non-hydrogen) atoms. The topological polar surface area (TPSA) is 15.3 Å². The van der Waals surface area contributed by atoms with Crippen molar-refractivity contribution >= 4 is 0 Å². The van der Waals surface area contributed by atoms with E-state index in [9.17, 15) is 13.2 Å². The van der Waals surface area contributed by atoms with Gasteiger partial charge in [0.25, 0.3) is 0 Å². The molecule has 1 saturated carbocycles. The molecule has 1 spiro atoms. The van der Waals surface area contributed by atoms with E-state index in [4.69, 9.17) is 0 Å². The Kier molecular flexibility index (Phi) is 3.69. The van der Waals surface area contributed by atoms with Crippen LogP contribution >= 0.6 is 0 Å². The molecule has 1 saturated heterocycles. The Balaban J connectivity index is 2.10. The largest absolute Gasteiger partial charge is 0.401 e. The standard InChI is InChI=1S/C12H21F3N2/c1-10-7-17(9-12(13,14)15)11(8-16-10)5-3-2-4-6-11/h10,16H,2-9H2,1H3. The van der Waals surface area contributed by atoms with Crippen molar-refractivity contribution in [3.8, 4) is 0 Å². The van der Waals surface area contributed by atoms with Gasteiger partial charge in [-0.25, -0.2) is 0 Å². The zero-order chi connectivity index (χ0) is 12.5. The molecule has 1 unspecified atom stereocenters. The zero-order valence-corrected chi connectivity index (χ0v) is 10.3. The Morgan fingerprint density at radius 1 is 1.24 bits per heavy atom. The Bertz CT molecular complexity index is 259. The van der Waals surface area contributed by atoms with Crippen LogP contribution in [0.5, 0.6) is 0 Å². The fourth-order valence-corrected chi connectivity index (χ4v) is 3.22. The summed E-state index contributed by atoms with van der Waals surface area (Å²) in [5.74, 6) is 0. The van der Waals surface area contributed by atoms with Gasteiger partial charge >= 0.3 is 6.18 Å². The van der Waals surface area contributed by atoms with E-state index in [0.717, 1.165) is 32.1 Å². The molecule has 1 aliphatic heterocycles. The van der Waals surface area contributed by atoms with Crippen LogP contribution in [0, 0.1) is 0 Å². The number of alkyl halides is 3. The molecule has 2 nitrogen and oxygen atoms in total. The summed E-state index contributed by atoms with van der Waals surface area (Å²) in [6, 6.07) is 0.157. The minimum absolute atomic E-state index is 0.157. The second-order valence-corrected chi connectivity index (χ2v) is 5.56. The molecule has 0 bridgehead atoms. The first kappa shape index (κ1) is 13.1. The van der Waals surface area contributed by atoms with E-state index < -0.39 is 12.7 Å². The van der Waals surface area contributed by atoms with Crippen LogP contribution in [0.25, 0.3) is 0 Å². The van der Waals surface area contributed by atoms with Gasteiger partial charge in [0.2, 0.25) is 0 Å². The van der Waals surface area contributed by atoms with E-state index in [1.165, 1.54) is 0 Å². The molecule has 2 aliphatic rings. The summed E-state index contributed by atoms with van der Waals surface area (Å²) in [5.41, 5.74) is -0.236. The van der Waals surface area contributed by atoms with Gasteiger partial charge in [-0.15, -0.1) is 0 Å². The number of nitrogens with zero attached hydrogens (tertiary/aromatic N) is 1. The van der Waals surface area contributed by atoms with Gasteiger partial charge in [-0.2, -0.15) is 13.2 Å². The van der Waals surface area contributed by atoms with Crippen LogP contribution in [0.1, 0.15) is 39.0 Å². The van der Waals surface area contributed by atoms with Gasteiger partial charge in [-0.1, -0.05) is 19.3 Å². The SMILES string of the molecule is CC1CN(CC(F)(F)F)C2(CCCCC2)CN1. The van der Waals surface area contributed by atoms with Crippen LogP contribution in [0.2, 0.25) is 0 Å². The Labute approximate surface area is 101 Å². The third kappa shape index (κ3) is 3.13. The van der Waals surface area contributed by atoms with Crippen molar-refractivity contribution in [2.75, 3.05) is 19.6 Å². The maximum Gasteiger partial charge on any atom is 0.401 e. The molecule has 0 radical (unpaired) electrons. The predicted octanol–water partition coefficient (Wildman–Crippen LogP) is 2.55. The van der Waals surface area contributed by atoms with Gasteiger partial charge in [0.15, 0.2) is 0 Å². The quantitative estimate of drug-likeness (QED) is 0.769. The van der Waals surface area contributed by atoms with Crippen molar-refractivity contribution in [2.45, 2.75) is 56.8 Å². The van der Waals surface area contributed by atoms with Crippen molar-refractivity contribution in [1.82, 2.24) is 10.2 Å². The number of rotatable bonds is 1. The van der Waals surface area contributed by atoms with Crippen molar-refractivity contribution in [1.29, 1.82) is 0 Å². The highest BCUT2D eigenvalue weighted by atomic mass is 19.4. The predicted molar refractivity (Wildman–Crippen MR) is 60.9 cm³/mol. The highest BCUT2D eigenvalue weighted by Gasteiger charge is 2.45. The normalized spacial score (nSPS) is 30.7. The van der Waals surface area contributed by atoms with Crippen LogP contribution in [0.4, 0.5) is 13.2 Å². The van der Waals surface area contributed by atoms with Crippen LogP contribution < -0.4 is 5.32 Å². The van der Waals surface area contributed by atoms with Gasteiger partial charge in [0.1, 0.15) is 0 Å². The van der Waals surface area contributed by atoms with Gasteiger partial charge < -0.3 is 5.32 Å². The molecule has 2 fully saturated rings. The molecule has 1 aliphatic carbocycles. The highest BCUT2D eigenvalue weighted by Crippen LogP contribution is 2.36. The Morgan fingerprint density at radius 3 is 2.47 bits per heavy atom. The fourth-order valence-electron chi connectivity index (χ4n) is 3.22. The molecule has 0 aromatic heterocycles. The van der Waals surface area contributed by atoms with Crippen molar-refractivity contribution in [2.24, 2.45) is 0 Å². The lowest BCUT2D eigenvalue weighted by molar-refractivity contribution is -0.167. The number of hydrogen-bond acceptors (Lipinski definition) is 2. The summed E-state index contributed by atoms with van der Waals surface area (Å²) in [5, 5.41) is 3.35. The molecule has 100 valence electrons. The molecule has 1 heterocycles. The zero-order valence-electron chi connectivity index (χ0n) is 10.3. The van der Waals surface area contributed by atoms with E-state index in [2.05, 4.69) is 5.32 Å². The van der Waals surface area contributed by atoms with Crippen LogP contribution in [-0.4, -0.2) is 42.3 Å². The van der Waals surface area contributed by atoms with E-state index in [-0.39, 0.29) is 11.6 Å². The minimum Gasteiger partial charge on any atom is -0.311 e. The lowest BCUT2D eigenvalue weighted by atomic mass is 9.78. The summed E-state index contributed by atoms with van der Waals surface area (Å²) in [6.07, 6.45) is 1.01. The van der Waals surface area contributed by atoms with E-state index in [0.29, 0.717) is 13.1 Å². The molecule has 1 N–H and O–H groups in total. The smallest absolute Gasteiger partial charge is 0.311 e. The second-order valence-electron chi connectivity index (χ2n) is 5.56. The molecule has 0 aromatic carbocycles. The Morgan fingerprint density at radius 2 is 1.88 bits per heavy atom. The number of nitrogens with one attached hydrogen (secondary N) is 1. The molecular formula is C12H21F3N2. The summed E-state index contributed by atoms with van der Waals surface area (Å²) < 4.78 is 37.9. The third-order valence-electron chi connectivity index (χ3n) is 4.10. The van der Waals surface area contributed by atoms with Crippen molar-refractivity contribution < 1.29 is 13.2 Å². The van der Waals surface area contributed by atoms with Crippen LogP contribution in [0.15, 0.2) is 0 Å². The molecular weight excluding hydrogens is 229 g/mol. The van der Waals surface area contributed by atoms with Crippen molar-refractivity contribution in [3.63, 3.8) is 0 Å². The molecule has 0 aromatic rings. The third-order valence-corrected chi connectivity index (χ3v) is 4.10. The maximum atomic E-state index is 12.6. The summed E-state index contributed by atoms with van der Waals surface area (Å²) in [6.45, 7) is 2.43. The molecule has 0 amide bonds. The molecule has 5 heteroatoms. The van der Waals surface area contributed by atoms with E-state index in [1.807, 2.05) is 6.92 Å². The van der Waals surface area contributed by atoms with Gasteiger partial charge in [-0.05, 0) is 19.8 Å². The molecule has 1 atom stereocenters.